The Bertz CT molecular complexity index is 910. The normalized spacial score (nSPS) is 29.6. The van der Waals surface area contributed by atoms with Gasteiger partial charge in [-0.05, 0) is 68.4 Å². The number of carbonyl (C=O) groups excluding carboxylic acids is 3. The Morgan fingerprint density at radius 1 is 1.03 bits per heavy atom. The third kappa shape index (κ3) is 3.61. The largest absolute Gasteiger partial charge is 0.450 e. The van der Waals surface area contributed by atoms with Crippen molar-refractivity contribution in [2.45, 2.75) is 44.1 Å². The first-order chi connectivity index (χ1) is 14.0. The third-order valence-electron chi connectivity index (χ3n) is 6.63. The Labute approximate surface area is 168 Å². The van der Waals surface area contributed by atoms with Gasteiger partial charge in [-0.25, -0.2) is 9.59 Å². The van der Waals surface area contributed by atoms with Crippen molar-refractivity contribution in [3.05, 3.63) is 36.1 Å². The van der Waals surface area contributed by atoms with E-state index in [-0.39, 0.29) is 11.3 Å². The fraction of sp³-hybridized carbons (Fsp3) is 0.500. The Kier molecular flexibility index (Phi) is 4.33. The van der Waals surface area contributed by atoms with Crippen molar-refractivity contribution in [1.29, 1.82) is 0 Å². The molecule has 0 aliphatic heterocycles. The molecule has 1 aromatic heterocycles. The predicted octanol–water partition coefficient (Wildman–Crippen LogP) is 3.38. The summed E-state index contributed by atoms with van der Waals surface area (Å²) in [5, 5.41) is 6.13. The predicted molar refractivity (Wildman–Crippen MR) is 104 cm³/mol. The number of rotatable bonds is 4. The Morgan fingerprint density at radius 2 is 1.69 bits per heavy atom. The van der Waals surface area contributed by atoms with Crippen molar-refractivity contribution in [2.75, 3.05) is 6.61 Å². The number of nitrogens with one attached hydrogen (secondary N) is 2. The van der Waals surface area contributed by atoms with Crippen molar-refractivity contribution in [2.24, 2.45) is 17.8 Å². The molecule has 3 amide bonds. The molecule has 0 spiro atoms. The number of imide groups is 1. The number of para-hydroxylation sites is 1. The van der Waals surface area contributed by atoms with Crippen molar-refractivity contribution in [3.8, 4) is 0 Å². The number of hydrogen-bond donors (Lipinski definition) is 2. The second kappa shape index (κ2) is 6.90. The molecule has 4 saturated carbocycles. The van der Waals surface area contributed by atoms with Crippen LogP contribution in [0.15, 0.2) is 34.7 Å². The third-order valence-corrected chi connectivity index (χ3v) is 6.63. The number of ether oxygens (including phenoxy) is 1. The smallest absolute Gasteiger partial charge is 0.374 e. The van der Waals surface area contributed by atoms with Crippen LogP contribution in [0.25, 0.3) is 11.0 Å². The molecule has 1 aromatic carbocycles. The van der Waals surface area contributed by atoms with Crippen LogP contribution in [-0.2, 0) is 9.53 Å². The van der Waals surface area contributed by atoms with Gasteiger partial charge in [-0.2, -0.15) is 0 Å². The van der Waals surface area contributed by atoms with Crippen LogP contribution in [0, 0.1) is 17.8 Å². The van der Waals surface area contributed by atoms with E-state index in [0.717, 1.165) is 24.6 Å². The van der Waals surface area contributed by atoms with E-state index in [1.165, 1.54) is 19.3 Å². The van der Waals surface area contributed by atoms with Crippen LogP contribution in [0.2, 0.25) is 0 Å². The molecular weight excluding hydrogens is 372 g/mol. The summed E-state index contributed by atoms with van der Waals surface area (Å²) in [7, 11) is 0. The molecule has 2 aromatic rings. The number of hydrogen-bond acceptors (Lipinski definition) is 5. The maximum atomic E-state index is 12.4. The van der Waals surface area contributed by atoms with Gasteiger partial charge in [0.1, 0.15) is 5.58 Å². The van der Waals surface area contributed by atoms with Gasteiger partial charge >= 0.3 is 12.0 Å². The van der Waals surface area contributed by atoms with Crippen molar-refractivity contribution < 1.29 is 23.5 Å². The molecule has 29 heavy (non-hydrogen) atoms. The summed E-state index contributed by atoms with van der Waals surface area (Å²) < 4.78 is 10.4. The second-order valence-corrected chi connectivity index (χ2v) is 8.92. The maximum absolute atomic E-state index is 12.4. The zero-order valence-corrected chi connectivity index (χ0v) is 16.1. The van der Waals surface area contributed by atoms with E-state index >= 15 is 0 Å². The number of fused-ring (bicyclic) bond motifs is 1. The number of benzene rings is 1. The van der Waals surface area contributed by atoms with Crippen LogP contribution >= 0.6 is 0 Å². The fourth-order valence-corrected chi connectivity index (χ4v) is 5.98. The van der Waals surface area contributed by atoms with Gasteiger partial charge in [0, 0.05) is 10.9 Å². The number of urea groups is 1. The van der Waals surface area contributed by atoms with Crippen molar-refractivity contribution in [3.63, 3.8) is 0 Å². The molecule has 4 bridgehead atoms. The fourth-order valence-electron chi connectivity index (χ4n) is 5.98. The molecule has 7 nitrogen and oxygen atoms in total. The van der Waals surface area contributed by atoms with Crippen LogP contribution in [0.3, 0.4) is 0 Å². The molecule has 0 atom stereocenters. The number of esters is 1. The van der Waals surface area contributed by atoms with Gasteiger partial charge in [0.15, 0.2) is 6.61 Å². The Morgan fingerprint density at radius 3 is 2.34 bits per heavy atom. The van der Waals surface area contributed by atoms with Crippen LogP contribution in [0.5, 0.6) is 0 Å². The van der Waals surface area contributed by atoms with E-state index in [0.29, 0.717) is 23.3 Å². The summed E-state index contributed by atoms with van der Waals surface area (Å²) >= 11 is 0. The monoisotopic (exact) mass is 396 g/mol. The molecule has 152 valence electrons. The highest BCUT2D eigenvalue weighted by Gasteiger charge is 2.51. The van der Waals surface area contributed by atoms with Crippen LogP contribution in [-0.4, -0.2) is 30.1 Å². The lowest BCUT2D eigenvalue weighted by Gasteiger charge is -2.56. The Hall–Kier alpha value is -2.83. The highest BCUT2D eigenvalue weighted by molar-refractivity contribution is 5.97. The quantitative estimate of drug-likeness (QED) is 0.772. The second-order valence-electron chi connectivity index (χ2n) is 8.92. The van der Waals surface area contributed by atoms with E-state index in [4.69, 9.17) is 9.15 Å². The highest BCUT2D eigenvalue weighted by Crippen LogP contribution is 2.55. The first-order valence-corrected chi connectivity index (χ1v) is 10.3. The molecule has 7 heteroatoms. The molecule has 6 rings (SSSR count). The molecule has 0 radical (unpaired) electrons. The lowest BCUT2D eigenvalue weighted by molar-refractivity contribution is -0.123. The summed E-state index contributed by atoms with van der Waals surface area (Å²) in [5.41, 5.74) is 0.392. The summed E-state index contributed by atoms with van der Waals surface area (Å²) in [5.74, 6) is 0.720. The lowest BCUT2D eigenvalue weighted by Crippen LogP contribution is -2.62. The van der Waals surface area contributed by atoms with E-state index in [9.17, 15) is 14.4 Å². The van der Waals surface area contributed by atoms with Gasteiger partial charge in [0.2, 0.25) is 5.76 Å². The molecule has 4 fully saturated rings. The summed E-state index contributed by atoms with van der Waals surface area (Å²) in [6, 6.07) is 8.26. The van der Waals surface area contributed by atoms with Gasteiger partial charge in [-0.15, -0.1) is 0 Å². The minimum absolute atomic E-state index is 0.0250. The molecule has 4 aliphatic carbocycles. The summed E-state index contributed by atoms with van der Waals surface area (Å²) in [6.45, 7) is -0.538. The zero-order valence-electron chi connectivity index (χ0n) is 16.1. The highest BCUT2D eigenvalue weighted by atomic mass is 16.5. The molecule has 0 unspecified atom stereocenters. The van der Waals surface area contributed by atoms with Crippen LogP contribution < -0.4 is 10.6 Å². The van der Waals surface area contributed by atoms with E-state index in [1.54, 1.807) is 18.2 Å². The van der Waals surface area contributed by atoms with Gasteiger partial charge < -0.3 is 14.5 Å². The number of carbonyl (C=O) groups is 3. The topological polar surface area (TPSA) is 97.6 Å². The molecular formula is C22H24N2O5. The SMILES string of the molecule is O=C(COC(=O)c1cc2ccccc2o1)NC(=O)NC12CC3CC(CC(C3)C1)C2. The average molecular weight is 396 g/mol. The van der Waals surface area contributed by atoms with E-state index < -0.39 is 24.5 Å². The minimum atomic E-state index is -0.738. The first-order valence-electron chi connectivity index (χ1n) is 10.3. The molecule has 2 N–H and O–H groups in total. The lowest BCUT2D eigenvalue weighted by atomic mass is 9.53. The van der Waals surface area contributed by atoms with E-state index in [2.05, 4.69) is 10.6 Å². The van der Waals surface area contributed by atoms with Crippen molar-refractivity contribution in [1.82, 2.24) is 10.6 Å². The first kappa shape index (κ1) is 18.2. The van der Waals surface area contributed by atoms with Gasteiger partial charge in [0.25, 0.3) is 5.91 Å². The van der Waals surface area contributed by atoms with E-state index in [1.807, 2.05) is 12.1 Å². The van der Waals surface area contributed by atoms with Gasteiger partial charge in [-0.1, -0.05) is 18.2 Å². The molecule has 0 saturated heterocycles. The number of amides is 3. The maximum Gasteiger partial charge on any atom is 0.374 e. The summed E-state index contributed by atoms with van der Waals surface area (Å²) in [6.07, 6.45) is 6.84. The van der Waals surface area contributed by atoms with Crippen LogP contribution in [0.1, 0.15) is 49.1 Å². The Balaban J connectivity index is 1.13. The average Bonchev–Trinajstić information content (AvgIpc) is 3.08. The van der Waals surface area contributed by atoms with Crippen molar-refractivity contribution >= 4 is 28.9 Å². The molecule has 4 aliphatic rings. The number of furan rings is 1. The standard InChI is InChI=1S/C22H24N2O5/c25-19(12-28-20(26)18-8-16-3-1-2-4-17(16)29-18)23-21(27)24-22-9-13-5-14(10-22)7-15(6-13)11-22/h1-4,8,13-15H,5-7,9-12H2,(H2,23,24,25,27). The van der Waals surface area contributed by atoms with Crippen LogP contribution in [0.4, 0.5) is 4.79 Å². The van der Waals surface area contributed by atoms with Gasteiger partial charge in [-0.3, -0.25) is 10.1 Å². The summed E-state index contributed by atoms with van der Waals surface area (Å²) in [4.78, 5) is 36.5. The van der Waals surface area contributed by atoms with Gasteiger partial charge in [0.05, 0.1) is 0 Å². The minimum Gasteiger partial charge on any atom is -0.450 e. The zero-order chi connectivity index (χ0) is 20.0. The molecule has 1 heterocycles.